The molecule has 0 unspecified atom stereocenters. The second-order valence-corrected chi connectivity index (χ2v) is 6.50. The van der Waals surface area contributed by atoms with Crippen molar-refractivity contribution in [2.75, 3.05) is 41.0 Å². The van der Waals surface area contributed by atoms with Gasteiger partial charge in [0.05, 0.1) is 20.3 Å². The topological polar surface area (TPSA) is 64.1 Å². The molecule has 0 amide bonds. The molecule has 1 aliphatic carbocycles. The minimum Gasteiger partial charge on any atom is -0.493 e. The molecule has 1 aromatic rings. The van der Waals surface area contributed by atoms with Gasteiger partial charge < -0.3 is 24.8 Å². The molecule has 6 heteroatoms. The molecule has 0 heterocycles. The Morgan fingerprint density at radius 3 is 2.50 bits per heavy atom. The number of nitrogens with one attached hydrogen (secondary N) is 2. The fourth-order valence-corrected chi connectivity index (χ4v) is 3.17. The van der Waals surface area contributed by atoms with Crippen LogP contribution in [0.1, 0.15) is 37.7 Å². The summed E-state index contributed by atoms with van der Waals surface area (Å²) in [5, 5.41) is 6.68. The summed E-state index contributed by atoms with van der Waals surface area (Å²) in [7, 11) is 5.09. The average molecular weight is 364 g/mol. The Labute approximate surface area is 157 Å². The molecule has 0 bridgehead atoms. The minimum absolute atomic E-state index is 0.494. The Bertz CT molecular complexity index is 557. The fraction of sp³-hybridized carbons (Fsp3) is 0.650. The van der Waals surface area contributed by atoms with Crippen LogP contribution in [-0.2, 0) is 11.2 Å². The van der Waals surface area contributed by atoms with Crippen LogP contribution in [0.2, 0.25) is 0 Å². The quantitative estimate of drug-likeness (QED) is 0.380. The molecule has 0 atom stereocenters. The average Bonchev–Trinajstić information content (AvgIpc) is 3.19. The van der Waals surface area contributed by atoms with Gasteiger partial charge in [-0.15, -0.1) is 0 Å². The lowest BCUT2D eigenvalue weighted by Crippen LogP contribution is -2.39. The molecule has 1 aromatic carbocycles. The summed E-state index contributed by atoms with van der Waals surface area (Å²) in [4.78, 5) is 4.26. The highest BCUT2D eigenvalue weighted by Crippen LogP contribution is 2.27. The van der Waals surface area contributed by atoms with E-state index in [9.17, 15) is 0 Å². The van der Waals surface area contributed by atoms with Gasteiger partial charge in [-0.1, -0.05) is 18.9 Å². The predicted octanol–water partition coefficient (Wildman–Crippen LogP) is 2.76. The maximum absolute atomic E-state index is 5.88. The Morgan fingerprint density at radius 1 is 1.08 bits per heavy atom. The summed E-state index contributed by atoms with van der Waals surface area (Å²) in [6.07, 6.45) is 7.46. The second-order valence-electron chi connectivity index (χ2n) is 6.50. The number of nitrogens with zero attached hydrogens (tertiary/aromatic N) is 1. The van der Waals surface area contributed by atoms with Crippen molar-refractivity contribution in [3.63, 3.8) is 0 Å². The zero-order chi connectivity index (χ0) is 18.6. The second kappa shape index (κ2) is 11.6. The third-order valence-electron chi connectivity index (χ3n) is 4.65. The maximum Gasteiger partial charge on any atom is 0.190 e. The number of hydrogen-bond acceptors (Lipinski definition) is 4. The van der Waals surface area contributed by atoms with Crippen LogP contribution >= 0.6 is 0 Å². The smallest absolute Gasteiger partial charge is 0.190 e. The van der Waals surface area contributed by atoms with Crippen LogP contribution in [0.25, 0.3) is 0 Å². The summed E-state index contributed by atoms with van der Waals surface area (Å²) in [5.74, 6) is 2.34. The summed E-state index contributed by atoms with van der Waals surface area (Å²) in [5.41, 5.74) is 1.19. The molecule has 0 spiro atoms. The molecule has 0 saturated heterocycles. The third kappa shape index (κ3) is 6.75. The zero-order valence-electron chi connectivity index (χ0n) is 16.3. The maximum atomic E-state index is 5.88. The Kier molecular flexibility index (Phi) is 9.10. The van der Waals surface area contributed by atoms with Crippen LogP contribution in [0.4, 0.5) is 0 Å². The number of rotatable bonds is 10. The van der Waals surface area contributed by atoms with Crippen LogP contribution < -0.4 is 20.1 Å². The zero-order valence-corrected chi connectivity index (χ0v) is 16.3. The predicted molar refractivity (Wildman–Crippen MR) is 105 cm³/mol. The van der Waals surface area contributed by atoms with E-state index >= 15 is 0 Å². The number of guanidine groups is 1. The van der Waals surface area contributed by atoms with Crippen LogP contribution in [0.3, 0.4) is 0 Å². The monoisotopic (exact) mass is 363 g/mol. The van der Waals surface area contributed by atoms with Gasteiger partial charge in [-0.2, -0.15) is 0 Å². The number of aliphatic imine (C=N–C) groups is 1. The molecule has 2 rings (SSSR count). The molecule has 146 valence electrons. The molecular formula is C20H33N3O3. The van der Waals surface area contributed by atoms with E-state index in [4.69, 9.17) is 14.2 Å². The van der Waals surface area contributed by atoms with Crippen molar-refractivity contribution in [3.8, 4) is 11.5 Å². The number of benzene rings is 1. The lowest BCUT2D eigenvalue weighted by Gasteiger charge is -2.14. The molecule has 0 aromatic heterocycles. The van der Waals surface area contributed by atoms with Crippen molar-refractivity contribution in [3.05, 3.63) is 23.8 Å². The van der Waals surface area contributed by atoms with E-state index in [1.807, 2.05) is 12.1 Å². The first-order chi connectivity index (χ1) is 12.8. The van der Waals surface area contributed by atoms with Crippen molar-refractivity contribution >= 4 is 5.96 Å². The van der Waals surface area contributed by atoms with Crippen molar-refractivity contribution in [1.29, 1.82) is 0 Å². The molecule has 0 aliphatic heterocycles. The highest BCUT2D eigenvalue weighted by molar-refractivity contribution is 5.79. The molecule has 26 heavy (non-hydrogen) atoms. The first-order valence-electron chi connectivity index (χ1n) is 9.54. The van der Waals surface area contributed by atoms with Crippen molar-refractivity contribution in [2.24, 2.45) is 4.99 Å². The lowest BCUT2D eigenvalue weighted by atomic mass is 10.1. The molecule has 1 fully saturated rings. The van der Waals surface area contributed by atoms with Gasteiger partial charge in [0.25, 0.3) is 0 Å². The summed E-state index contributed by atoms with van der Waals surface area (Å²) in [6, 6.07) is 6.00. The van der Waals surface area contributed by atoms with Crippen LogP contribution in [0.5, 0.6) is 11.5 Å². The van der Waals surface area contributed by atoms with E-state index < -0.39 is 0 Å². The van der Waals surface area contributed by atoms with Crippen molar-refractivity contribution in [2.45, 2.75) is 44.6 Å². The van der Waals surface area contributed by atoms with Gasteiger partial charge in [-0.25, -0.2) is 0 Å². The molecular weight excluding hydrogens is 330 g/mol. The van der Waals surface area contributed by atoms with Gasteiger partial charge in [0.15, 0.2) is 17.5 Å². The van der Waals surface area contributed by atoms with Gasteiger partial charge in [0.2, 0.25) is 0 Å². The van der Waals surface area contributed by atoms with E-state index in [1.54, 1.807) is 21.3 Å². The summed E-state index contributed by atoms with van der Waals surface area (Å²) >= 11 is 0. The van der Waals surface area contributed by atoms with E-state index in [1.165, 1.54) is 31.2 Å². The van der Waals surface area contributed by atoms with Gasteiger partial charge >= 0.3 is 0 Å². The van der Waals surface area contributed by atoms with Gasteiger partial charge in [-0.3, -0.25) is 4.99 Å². The molecule has 2 N–H and O–H groups in total. The molecule has 6 nitrogen and oxygen atoms in total. The highest BCUT2D eigenvalue weighted by Gasteiger charge is 2.14. The van der Waals surface area contributed by atoms with E-state index in [-0.39, 0.29) is 0 Å². The fourth-order valence-electron chi connectivity index (χ4n) is 3.17. The van der Waals surface area contributed by atoms with Gasteiger partial charge in [-0.05, 0) is 43.4 Å². The van der Waals surface area contributed by atoms with Crippen LogP contribution in [0.15, 0.2) is 23.2 Å². The largest absolute Gasteiger partial charge is 0.493 e. The Balaban J connectivity index is 1.62. The molecule has 1 saturated carbocycles. The van der Waals surface area contributed by atoms with Gasteiger partial charge in [0.1, 0.15) is 0 Å². The lowest BCUT2D eigenvalue weighted by molar-refractivity contribution is 0.0574. The minimum atomic E-state index is 0.494. The standard InChI is InChI=1S/C20H33N3O3/c1-21-20(22-12-6-14-26-17-7-4-5-8-17)23-13-11-16-9-10-18(24-2)19(15-16)25-3/h9-10,15,17H,4-8,11-14H2,1-3H3,(H2,21,22,23). The number of methoxy groups -OCH3 is 2. The van der Waals surface area contributed by atoms with Gasteiger partial charge in [0, 0.05) is 26.7 Å². The first-order valence-corrected chi connectivity index (χ1v) is 9.54. The summed E-state index contributed by atoms with van der Waals surface area (Å²) < 4.78 is 16.5. The normalized spacial score (nSPS) is 15.1. The van der Waals surface area contributed by atoms with E-state index in [0.717, 1.165) is 50.0 Å². The Hall–Kier alpha value is -1.95. The van der Waals surface area contributed by atoms with Crippen LogP contribution in [0, 0.1) is 0 Å². The summed E-state index contributed by atoms with van der Waals surface area (Å²) in [6.45, 7) is 2.48. The van der Waals surface area contributed by atoms with Crippen molar-refractivity contribution < 1.29 is 14.2 Å². The van der Waals surface area contributed by atoms with Crippen LogP contribution in [-0.4, -0.2) is 53.0 Å². The Morgan fingerprint density at radius 2 is 1.81 bits per heavy atom. The van der Waals surface area contributed by atoms with Crippen molar-refractivity contribution in [1.82, 2.24) is 10.6 Å². The molecule has 0 radical (unpaired) electrons. The SMILES string of the molecule is CN=C(NCCCOC1CCCC1)NCCc1ccc(OC)c(OC)c1. The van der Waals surface area contributed by atoms with E-state index in [2.05, 4.69) is 21.7 Å². The number of ether oxygens (including phenoxy) is 3. The first kappa shape index (κ1) is 20.4. The highest BCUT2D eigenvalue weighted by atomic mass is 16.5. The third-order valence-corrected chi connectivity index (χ3v) is 4.65. The van der Waals surface area contributed by atoms with E-state index in [0.29, 0.717) is 6.10 Å². The number of hydrogen-bond donors (Lipinski definition) is 2. The molecule has 1 aliphatic rings.